The lowest BCUT2D eigenvalue weighted by atomic mass is 10.0. The maximum Gasteiger partial charge on any atom is 0.271 e. The highest BCUT2D eigenvalue weighted by Crippen LogP contribution is 2.30. The Morgan fingerprint density at radius 1 is 0.931 bits per heavy atom. The fourth-order valence-electron chi connectivity index (χ4n) is 3.61. The first-order valence-corrected chi connectivity index (χ1v) is 9.84. The first-order chi connectivity index (χ1) is 14.0. The van der Waals surface area contributed by atoms with E-state index in [1.54, 1.807) is 6.21 Å². The van der Waals surface area contributed by atoms with Crippen molar-refractivity contribution in [3.8, 4) is 0 Å². The zero-order valence-electron chi connectivity index (χ0n) is 17.1. The van der Waals surface area contributed by atoms with Gasteiger partial charge in [-0.15, -0.1) is 0 Å². The Morgan fingerprint density at radius 3 is 2.24 bits per heavy atom. The van der Waals surface area contributed by atoms with Gasteiger partial charge < -0.3 is 4.90 Å². The molecule has 0 radical (unpaired) electrons. The second-order valence-electron chi connectivity index (χ2n) is 7.72. The van der Waals surface area contributed by atoms with Gasteiger partial charge in [0.15, 0.2) is 0 Å². The summed E-state index contributed by atoms with van der Waals surface area (Å²) in [5.41, 5.74) is 11.8. The quantitative estimate of drug-likeness (QED) is 0.515. The summed E-state index contributed by atoms with van der Waals surface area (Å²) < 4.78 is 0. The predicted octanol–water partition coefficient (Wildman–Crippen LogP) is 4.90. The number of nitrogens with zero attached hydrogens (tertiary/aromatic N) is 2. The minimum absolute atomic E-state index is 0.210. The fraction of sp³-hybridized carbons (Fsp3) is 0.200. The molecule has 3 aromatic rings. The van der Waals surface area contributed by atoms with Gasteiger partial charge in [0.25, 0.3) is 5.91 Å². The number of nitrogens with one attached hydrogen (secondary N) is 1. The molecule has 1 N–H and O–H groups in total. The Balaban J connectivity index is 1.45. The summed E-state index contributed by atoms with van der Waals surface area (Å²) in [6.45, 7) is 8.08. The molecule has 0 saturated heterocycles. The number of carbonyl (C=O) groups is 1. The van der Waals surface area contributed by atoms with Crippen LogP contribution in [0.4, 0.5) is 5.69 Å². The molecule has 0 aliphatic carbocycles. The lowest BCUT2D eigenvalue weighted by Gasteiger charge is -2.18. The molecule has 0 saturated carbocycles. The summed E-state index contributed by atoms with van der Waals surface area (Å²) in [7, 11) is 0. The van der Waals surface area contributed by atoms with Gasteiger partial charge in [-0.3, -0.25) is 4.79 Å². The van der Waals surface area contributed by atoms with E-state index in [2.05, 4.69) is 47.5 Å². The molecule has 0 spiro atoms. The molecule has 0 atom stereocenters. The standard InChI is InChI=1S/C25H25N3O/c1-17-7-9-20(10-8-17)14-26-27-25(29)21-5-4-6-24(13-21)28-15-22-11-18(2)19(3)12-23(22)16-28/h4-14H,15-16H2,1-3H3,(H,27,29)/b26-14-. The number of hydrogen-bond donors (Lipinski definition) is 1. The minimum Gasteiger partial charge on any atom is -0.363 e. The third-order valence-corrected chi connectivity index (χ3v) is 5.47. The molecule has 29 heavy (non-hydrogen) atoms. The van der Waals surface area contributed by atoms with Crippen molar-refractivity contribution in [1.29, 1.82) is 0 Å². The summed E-state index contributed by atoms with van der Waals surface area (Å²) in [5.74, 6) is -0.210. The molecule has 1 aliphatic heterocycles. The van der Waals surface area contributed by atoms with Crippen LogP contribution < -0.4 is 10.3 Å². The molecule has 3 aromatic carbocycles. The van der Waals surface area contributed by atoms with E-state index < -0.39 is 0 Å². The van der Waals surface area contributed by atoms with Crippen molar-refractivity contribution in [2.75, 3.05) is 4.90 Å². The van der Waals surface area contributed by atoms with E-state index in [4.69, 9.17) is 0 Å². The molecule has 0 fully saturated rings. The molecule has 0 aromatic heterocycles. The van der Waals surface area contributed by atoms with Crippen LogP contribution in [0.25, 0.3) is 0 Å². The van der Waals surface area contributed by atoms with Crippen LogP contribution in [-0.2, 0) is 13.1 Å². The Labute approximate surface area is 171 Å². The van der Waals surface area contributed by atoms with Crippen molar-refractivity contribution in [2.24, 2.45) is 5.10 Å². The van der Waals surface area contributed by atoms with Crippen molar-refractivity contribution in [1.82, 2.24) is 5.43 Å². The third-order valence-electron chi connectivity index (χ3n) is 5.47. The van der Waals surface area contributed by atoms with Crippen molar-refractivity contribution in [2.45, 2.75) is 33.9 Å². The molecule has 4 nitrogen and oxygen atoms in total. The highest BCUT2D eigenvalue weighted by Gasteiger charge is 2.20. The third kappa shape index (κ3) is 4.21. The molecular formula is C25H25N3O. The monoisotopic (exact) mass is 383 g/mol. The summed E-state index contributed by atoms with van der Waals surface area (Å²) in [6.07, 6.45) is 1.66. The van der Waals surface area contributed by atoms with Crippen molar-refractivity contribution >= 4 is 17.8 Å². The van der Waals surface area contributed by atoms with Gasteiger partial charge in [0.2, 0.25) is 0 Å². The first kappa shape index (κ1) is 18.9. The topological polar surface area (TPSA) is 44.7 Å². The zero-order chi connectivity index (χ0) is 20.4. The van der Waals surface area contributed by atoms with Crippen LogP contribution in [0.5, 0.6) is 0 Å². The van der Waals surface area contributed by atoms with Crippen LogP contribution in [0.2, 0.25) is 0 Å². The van der Waals surface area contributed by atoms with E-state index in [0.29, 0.717) is 5.56 Å². The van der Waals surface area contributed by atoms with E-state index in [0.717, 1.165) is 24.3 Å². The molecule has 0 unspecified atom stereocenters. The number of rotatable bonds is 4. The number of hydrazone groups is 1. The Bertz CT molecular complexity index is 1050. The molecule has 4 rings (SSSR count). The van der Waals surface area contributed by atoms with Crippen LogP contribution in [0.3, 0.4) is 0 Å². The van der Waals surface area contributed by atoms with Gasteiger partial charge in [0.1, 0.15) is 0 Å². The largest absolute Gasteiger partial charge is 0.363 e. The summed E-state index contributed by atoms with van der Waals surface area (Å²) >= 11 is 0. The first-order valence-electron chi connectivity index (χ1n) is 9.84. The maximum atomic E-state index is 12.5. The van der Waals surface area contributed by atoms with E-state index in [9.17, 15) is 4.79 Å². The molecule has 146 valence electrons. The Kier molecular flexibility index (Phi) is 5.17. The molecule has 1 aliphatic rings. The summed E-state index contributed by atoms with van der Waals surface area (Å²) in [4.78, 5) is 14.8. The number of amides is 1. The normalized spacial score (nSPS) is 13.0. The van der Waals surface area contributed by atoms with Crippen LogP contribution >= 0.6 is 0 Å². The van der Waals surface area contributed by atoms with E-state index >= 15 is 0 Å². The zero-order valence-corrected chi connectivity index (χ0v) is 17.1. The highest BCUT2D eigenvalue weighted by atomic mass is 16.2. The van der Waals surface area contributed by atoms with Crippen molar-refractivity contribution < 1.29 is 4.79 Å². The van der Waals surface area contributed by atoms with Gasteiger partial charge in [0.05, 0.1) is 6.21 Å². The van der Waals surface area contributed by atoms with Crippen molar-refractivity contribution in [3.05, 3.63) is 99.6 Å². The number of hydrogen-bond acceptors (Lipinski definition) is 3. The lowest BCUT2D eigenvalue weighted by Crippen LogP contribution is -2.19. The van der Waals surface area contributed by atoms with Gasteiger partial charge in [0, 0.05) is 24.3 Å². The van der Waals surface area contributed by atoms with Crippen molar-refractivity contribution in [3.63, 3.8) is 0 Å². The van der Waals surface area contributed by atoms with Crippen LogP contribution in [0, 0.1) is 20.8 Å². The average molecular weight is 383 g/mol. The Morgan fingerprint density at radius 2 is 1.59 bits per heavy atom. The predicted molar refractivity (Wildman–Crippen MR) is 118 cm³/mol. The second-order valence-corrected chi connectivity index (χ2v) is 7.72. The highest BCUT2D eigenvalue weighted by molar-refractivity contribution is 5.95. The molecule has 4 heteroatoms. The van der Waals surface area contributed by atoms with Crippen LogP contribution in [0.15, 0.2) is 65.8 Å². The SMILES string of the molecule is Cc1ccc(/C=N\NC(=O)c2cccc(N3Cc4cc(C)c(C)cc4C3)c2)cc1. The smallest absolute Gasteiger partial charge is 0.271 e. The van der Waals surface area contributed by atoms with E-state index in [1.807, 2.05) is 49.4 Å². The van der Waals surface area contributed by atoms with Gasteiger partial charge in [-0.2, -0.15) is 5.10 Å². The number of benzene rings is 3. The number of carbonyl (C=O) groups excluding carboxylic acids is 1. The number of anilines is 1. The van der Waals surface area contributed by atoms with Gasteiger partial charge in [-0.1, -0.05) is 48.0 Å². The number of aryl methyl sites for hydroxylation is 3. The minimum atomic E-state index is -0.210. The molecule has 1 heterocycles. The Hall–Kier alpha value is -3.40. The van der Waals surface area contributed by atoms with E-state index in [1.165, 1.54) is 27.8 Å². The summed E-state index contributed by atoms with van der Waals surface area (Å²) in [5, 5.41) is 4.09. The van der Waals surface area contributed by atoms with E-state index in [-0.39, 0.29) is 5.91 Å². The number of fused-ring (bicyclic) bond motifs is 1. The van der Waals surface area contributed by atoms with Gasteiger partial charge in [-0.25, -0.2) is 5.43 Å². The fourth-order valence-corrected chi connectivity index (χ4v) is 3.61. The molecular weight excluding hydrogens is 358 g/mol. The van der Waals surface area contributed by atoms with Crippen LogP contribution in [-0.4, -0.2) is 12.1 Å². The maximum absolute atomic E-state index is 12.5. The lowest BCUT2D eigenvalue weighted by molar-refractivity contribution is 0.0955. The average Bonchev–Trinajstić information content (AvgIpc) is 3.12. The van der Waals surface area contributed by atoms with Gasteiger partial charge >= 0.3 is 0 Å². The molecule has 1 amide bonds. The second kappa shape index (κ2) is 7.92. The van der Waals surface area contributed by atoms with Crippen LogP contribution in [0.1, 0.15) is 43.7 Å². The summed E-state index contributed by atoms with van der Waals surface area (Å²) in [6, 6.07) is 20.3. The molecule has 0 bridgehead atoms. The van der Waals surface area contributed by atoms with Gasteiger partial charge in [-0.05, 0) is 66.8 Å².